The molecule has 36 valence electrons. The molecular weight excluding hydrogens is 625 g/mol. The van der Waals surface area contributed by atoms with Crippen LogP contribution in [0.25, 0.3) is 0 Å². The van der Waals surface area contributed by atoms with Crippen LogP contribution in [0.15, 0.2) is 0 Å². The summed E-state index contributed by atoms with van der Waals surface area (Å²) in [6, 6.07) is 0. The van der Waals surface area contributed by atoms with Gasteiger partial charge in [0.2, 0.25) is 0 Å². The molecule has 0 atom stereocenters. The Morgan fingerprint density at radius 1 is 1.29 bits per heavy atom. The maximum absolute atomic E-state index is 9.33. The predicted molar refractivity (Wildman–Crippen MR) is 18.0 cm³/mol. The summed E-state index contributed by atoms with van der Waals surface area (Å²) in [7, 11) is -3.64. The van der Waals surface area contributed by atoms with Gasteiger partial charge in [0.15, 0.2) is 0 Å². The van der Waals surface area contributed by atoms with Gasteiger partial charge in [0.05, 0.1) is 0 Å². The third-order valence-electron chi connectivity index (χ3n) is 0. The second-order valence-electron chi connectivity index (χ2n) is 0.835. The van der Waals surface area contributed by atoms with Crippen molar-refractivity contribution in [2.75, 3.05) is 6.66 Å². The molecule has 0 aliphatic rings. The van der Waals surface area contributed by atoms with Crippen molar-refractivity contribution < 1.29 is 14.4 Å². The van der Waals surface area contributed by atoms with Gasteiger partial charge in [-0.2, -0.15) is 0 Å². The first-order chi connectivity index (χ1) is 2.00. The van der Waals surface area contributed by atoms with E-state index in [0.29, 0.717) is 0 Å². The van der Waals surface area contributed by atoms with Gasteiger partial charge in [-0.3, -0.25) is 4.57 Å². The molecule has 0 fully saturated rings. The minimum absolute atomic E-state index is 0. The van der Waals surface area contributed by atoms with E-state index in [4.69, 9.17) is 9.79 Å². The molecule has 3 nitrogen and oxygen atoms in total. The van der Waals surface area contributed by atoms with Gasteiger partial charge in [0.1, 0.15) is 0 Å². The molecule has 0 rings (SSSR count). The molecule has 0 aromatic rings. The maximum atomic E-state index is 9.33. The third kappa shape index (κ3) is 5.61. The van der Waals surface area contributed by atoms with Crippen molar-refractivity contribution in [3.63, 3.8) is 0 Å². The van der Waals surface area contributed by atoms with Crippen molar-refractivity contribution in [2.24, 2.45) is 0 Å². The summed E-state index contributed by atoms with van der Waals surface area (Å²) in [6.45, 7) is 0.854. The molecule has 7 heavy (non-hydrogen) atoms. The normalized spacial score (nSPS) is 8.43. The van der Waals surface area contributed by atoms with E-state index in [0.717, 1.165) is 6.66 Å². The van der Waals surface area contributed by atoms with Gasteiger partial charge < -0.3 is 9.79 Å². The Balaban J connectivity index is -0.0000000800. The van der Waals surface area contributed by atoms with E-state index in [-0.39, 0.29) is 0 Å². The van der Waals surface area contributed by atoms with Gasteiger partial charge in [0.25, 0.3) is 0 Å². The minimum Gasteiger partial charge on any atom is -0.325 e. The Bertz CT molecular complexity index is 59.1. The maximum Gasteiger partial charge on any atom is 0.322 e. The van der Waals surface area contributed by atoms with Crippen LogP contribution >= 0.6 is 7.60 Å². The first-order valence-corrected chi connectivity index (χ1v) is 3.09. The molecule has 0 aliphatic carbocycles. The summed E-state index contributed by atoms with van der Waals surface area (Å²) in [5.74, 6) is 0. The zero-order chi connectivity index (χ0) is 4.50. The fraction of sp³-hybridized carbons (Fsp3) is 1.00. The quantitative estimate of drug-likeness (QED) is 0.365. The van der Waals surface area contributed by atoms with Gasteiger partial charge in [-0.25, -0.2) is 0 Å². The molecule has 0 heterocycles. The molecule has 0 aromatic heterocycles. The van der Waals surface area contributed by atoms with Crippen LogP contribution in [0.3, 0.4) is 0 Å². The van der Waals surface area contributed by atoms with Crippen molar-refractivity contribution in [1.82, 2.24) is 0 Å². The summed E-state index contributed by atoms with van der Waals surface area (Å²) in [5, 5.41) is 0. The van der Waals surface area contributed by atoms with Crippen molar-refractivity contribution in [3.8, 4) is 0 Å². The van der Waals surface area contributed by atoms with Crippen molar-refractivity contribution in [2.45, 2.75) is 0 Å². The number of rotatable bonds is 0. The number of hydrogen-bond donors (Lipinski definition) is 2. The van der Waals surface area contributed by atoms with E-state index in [2.05, 4.69) is 0 Å². The topological polar surface area (TPSA) is 57.5 Å². The van der Waals surface area contributed by atoms with Crippen LogP contribution in [0.5, 0.6) is 0 Å². The van der Waals surface area contributed by atoms with Crippen LogP contribution in [-0.2, 0) is 4.57 Å². The molecule has 0 bridgehead atoms. The molecule has 0 aromatic carbocycles. The molecule has 0 aliphatic heterocycles. The summed E-state index contributed by atoms with van der Waals surface area (Å²) in [5.41, 5.74) is 0. The van der Waals surface area contributed by atoms with Crippen molar-refractivity contribution in [1.29, 1.82) is 0 Å². The zero-order valence-corrected chi connectivity index (χ0v) is 17.9. The van der Waals surface area contributed by atoms with Crippen molar-refractivity contribution >= 4 is 7.60 Å². The van der Waals surface area contributed by atoms with E-state index in [9.17, 15) is 4.57 Å². The summed E-state index contributed by atoms with van der Waals surface area (Å²) in [6.07, 6.45) is 0. The van der Waals surface area contributed by atoms with Crippen LogP contribution in [0.2, 0.25) is 0 Å². The second-order valence-corrected chi connectivity index (χ2v) is 2.51. The molecule has 0 radical (unpaired) electrons. The van der Waals surface area contributed by atoms with Gasteiger partial charge in [-0.15, -0.1) is 0 Å². The monoisotopic (exact) mass is 630 g/mol. The first kappa shape index (κ1) is 19.2. The van der Waals surface area contributed by atoms with Gasteiger partial charge in [-0.1, -0.05) is 0 Å². The molecule has 0 unspecified atom stereocenters. The van der Waals surface area contributed by atoms with Gasteiger partial charge in [0, 0.05) is 6.66 Å². The molecule has 6 heteroatoms. The SMILES string of the molecule is CP(=O)(O)O.[Rf].[Rf]. The minimum atomic E-state index is -3.64. The zero-order valence-electron chi connectivity index (χ0n) is 4.16. The second kappa shape index (κ2) is 2.39. The summed E-state index contributed by atoms with van der Waals surface area (Å²) in [4.78, 5) is 15.3. The van der Waals surface area contributed by atoms with Gasteiger partial charge >= 0.3 is 7.60 Å². The van der Waals surface area contributed by atoms with Crippen LogP contribution in [0.4, 0.5) is 0 Å². The molecule has 0 saturated heterocycles. The predicted octanol–water partition coefficient (Wildman–Crippen LogP) is -0.206. The first-order valence-electron chi connectivity index (χ1n) is 1.03. The molecular formula is CH5O3PRf2. The Hall–Kier alpha value is -1.85. The van der Waals surface area contributed by atoms with Crippen LogP contribution in [0, 0.1) is 0 Å². The number of hydrogen-bond acceptors (Lipinski definition) is 1. The Kier molecular flexibility index (Phi) is 6.55. The average molecular weight is 630 g/mol. The van der Waals surface area contributed by atoms with Crippen LogP contribution in [0.1, 0.15) is 0 Å². The van der Waals surface area contributed by atoms with Crippen molar-refractivity contribution in [3.05, 3.63) is 0 Å². The van der Waals surface area contributed by atoms with E-state index in [1.165, 1.54) is 0 Å². The smallest absolute Gasteiger partial charge is 0.322 e. The molecule has 0 amide bonds. The fourth-order valence-corrected chi connectivity index (χ4v) is 0. The van der Waals surface area contributed by atoms with Crippen LogP contribution < -0.4 is 0 Å². The van der Waals surface area contributed by atoms with E-state index >= 15 is 0 Å². The molecule has 0 saturated carbocycles. The van der Waals surface area contributed by atoms with Gasteiger partial charge in [-0.05, 0) is 0 Å². The fourth-order valence-electron chi connectivity index (χ4n) is 0. The Morgan fingerprint density at radius 3 is 1.29 bits per heavy atom. The largest absolute Gasteiger partial charge is 0.325 e. The van der Waals surface area contributed by atoms with E-state index < -0.39 is 7.60 Å². The Labute approximate surface area is 29.8 Å². The molecule has 2 N–H and O–H groups in total. The summed E-state index contributed by atoms with van der Waals surface area (Å²) < 4.78 is 9.33. The average Bonchev–Trinajstić information content (AvgIpc) is 0.722. The van der Waals surface area contributed by atoms with Crippen LogP contribution in [-0.4, -0.2) is 16.5 Å². The standard InChI is InChI=1S/CH5O3P.2Rf/c1-5(2,3)4;;/h1H3,(H2,2,3,4);;. The summed E-state index contributed by atoms with van der Waals surface area (Å²) >= 11 is 0. The van der Waals surface area contributed by atoms with E-state index in [1.54, 1.807) is 0 Å². The Morgan fingerprint density at radius 2 is 1.29 bits per heavy atom. The van der Waals surface area contributed by atoms with E-state index in [1.807, 2.05) is 0 Å². The third-order valence-corrected chi connectivity index (χ3v) is 0. The molecule has 0 spiro atoms.